The molecule has 0 bridgehead atoms. The van der Waals surface area contributed by atoms with Crippen LogP contribution in [0.4, 0.5) is 0 Å². The fourth-order valence-corrected chi connectivity index (χ4v) is 2.84. The molecule has 1 amide bonds. The van der Waals surface area contributed by atoms with E-state index >= 15 is 0 Å². The number of carbonyl (C=O) groups is 1. The van der Waals surface area contributed by atoms with Gasteiger partial charge in [0.1, 0.15) is 0 Å². The van der Waals surface area contributed by atoms with Gasteiger partial charge in [-0.15, -0.1) is 0 Å². The highest BCUT2D eigenvalue weighted by Crippen LogP contribution is 2.28. The first-order valence-corrected chi connectivity index (χ1v) is 7.07. The molecule has 3 heteroatoms. The van der Waals surface area contributed by atoms with E-state index in [2.05, 4.69) is 5.32 Å². The number of amides is 1. The molecule has 1 aliphatic carbocycles. The first-order chi connectivity index (χ1) is 9.06. The lowest BCUT2D eigenvalue weighted by Gasteiger charge is -2.36. The van der Waals surface area contributed by atoms with Crippen molar-refractivity contribution in [3.8, 4) is 0 Å². The summed E-state index contributed by atoms with van der Waals surface area (Å²) in [6.45, 7) is 3.96. The van der Waals surface area contributed by atoms with Crippen LogP contribution in [0.3, 0.4) is 0 Å². The van der Waals surface area contributed by atoms with Gasteiger partial charge in [0, 0.05) is 5.56 Å². The minimum Gasteiger partial charge on any atom is -0.394 e. The molecule has 0 spiro atoms. The van der Waals surface area contributed by atoms with E-state index in [4.69, 9.17) is 0 Å². The lowest BCUT2D eigenvalue weighted by molar-refractivity contribution is 0.0758. The molecule has 0 aliphatic heterocycles. The van der Waals surface area contributed by atoms with Crippen molar-refractivity contribution < 1.29 is 9.90 Å². The molecule has 0 unspecified atom stereocenters. The van der Waals surface area contributed by atoms with E-state index in [0.717, 1.165) is 42.4 Å². The van der Waals surface area contributed by atoms with E-state index in [1.807, 2.05) is 32.0 Å². The normalized spacial score (nSPS) is 18.1. The van der Waals surface area contributed by atoms with E-state index in [1.165, 1.54) is 6.42 Å². The van der Waals surface area contributed by atoms with Crippen molar-refractivity contribution in [2.75, 3.05) is 6.61 Å². The largest absolute Gasteiger partial charge is 0.394 e. The average Bonchev–Trinajstić information content (AvgIpc) is 2.42. The summed E-state index contributed by atoms with van der Waals surface area (Å²) in [5.41, 5.74) is 2.37. The number of aryl methyl sites for hydroxylation is 2. The van der Waals surface area contributed by atoms with E-state index in [-0.39, 0.29) is 12.5 Å². The molecule has 0 heterocycles. The first-order valence-electron chi connectivity index (χ1n) is 7.07. The Bertz CT molecular complexity index is 462. The number of aliphatic hydroxyl groups is 1. The van der Waals surface area contributed by atoms with Crippen LogP contribution in [0, 0.1) is 13.8 Å². The molecule has 2 N–H and O–H groups in total. The molecule has 1 aromatic rings. The second-order valence-electron chi connectivity index (χ2n) is 5.77. The maximum Gasteiger partial charge on any atom is 0.252 e. The molecule has 1 saturated carbocycles. The summed E-state index contributed by atoms with van der Waals surface area (Å²) in [6.07, 6.45) is 5.10. The maximum atomic E-state index is 12.4. The highest BCUT2D eigenvalue weighted by Gasteiger charge is 2.33. The monoisotopic (exact) mass is 261 g/mol. The number of benzene rings is 1. The molecular weight excluding hydrogens is 238 g/mol. The van der Waals surface area contributed by atoms with Crippen LogP contribution in [-0.2, 0) is 0 Å². The molecule has 0 saturated heterocycles. The molecule has 1 aromatic carbocycles. The van der Waals surface area contributed by atoms with Gasteiger partial charge in [0.25, 0.3) is 5.91 Å². The molecule has 0 aromatic heterocycles. The van der Waals surface area contributed by atoms with Crippen molar-refractivity contribution in [3.63, 3.8) is 0 Å². The van der Waals surface area contributed by atoms with Crippen molar-refractivity contribution in [2.24, 2.45) is 0 Å². The van der Waals surface area contributed by atoms with Gasteiger partial charge in [-0.25, -0.2) is 0 Å². The Labute approximate surface area is 115 Å². The highest BCUT2D eigenvalue weighted by molar-refractivity contribution is 5.96. The number of rotatable bonds is 3. The van der Waals surface area contributed by atoms with E-state index < -0.39 is 5.54 Å². The van der Waals surface area contributed by atoms with Gasteiger partial charge < -0.3 is 10.4 Å². The van der Waals surface area contributed by atoms with Crippen molar-refractivity contribution in [3.05, 3.63) is 34.9 Å². The predicted octanol–water partition coefficient (Wildman–Crippen LogP) is 2.73. The van der Waals surface area contributed by atoms with Crippen LogP contribution in [0.15, 0.2) is 18.2 Å². The average molecular weight is 261 g/mol. The van der Waals surface area contributed by atoms with Gasteiger partial charge in [0.15, 0.2) is 0 Å². The maximum absolute atomic E-state index is 12.4. The molecule has 104 valence electrons. The molecular formula is C16H23NO2. The van der Waals surface area contributed by atoms with Crippen molar-refractivity contribution >= 4 is 5.91 Å². The van der Waals surface area contributed by atoms with Gasteiger partial charge in [-0.1, -0.05) is 37.0 Å². The summed E-state index contributed by atoms with van der Waals surface area (Å²) in [6, 6.07) is 5.89. The zero-order chi connectivity index (χ0) is 13.9. The van der Waals surface area contributed by atoms with Gasteiger partial charge in [-0.2, -0.15) is 0 Å². The van der Waals surface area contributed by atoms with Crippen molar-refractivity contribution in [1.29, 1.82) is 0 Å². The van der Waals surface area contributed by atoms with Crippen molar-refractivity contribution in [1.82, 2.24) is 5.32 Å². The van der Waals surface area contributed by atoms with E-state index in [1.54, 1.807) is 0 Å². The SMILES string of the molecule is Cc1ccc(C)c(C(=O)NC2(CO)CCCCC2)c1. The van der Waals surface area contributed by atoms with Crippen LogP contribution in [0.2, 0.25) is 0 Å². The zero-order valence-electron chi connectivity index (χ0n) is 11.8. The van der Waals surface area contributed by atoms with Crippen LogP contribution in [-0.4, -0.2) is 23.2 Å². The second kappa shape index (κ2) is 5.74. The molecule has 1 aliphatic rings. The Kier molecular flexibility index (Phi) is 4.25. The predicted molar refractivity (Wildman–Crippen MR) is 76.3 cm³/mol. The fraction of sp³-hybridized carbons (Fsp3) is 0.562. The number of nitrogens with one attached hydrogen (secondary N) is 1. The molecule has 19 heavy (non-hydrogen) atoms. The molecule has 1 fully saturated rings. The third-order valence-corrected chi connectivity index (χ3v) is 4.13. The second-order valence-corrected chi connectivity index (χ2v) is 5.77. The lowest BCUT2D eigenvalue weighted by atomic mass is 9.82. The van der Waals surface area contributed by atoms with Gasteiger partial charge in [0.2, 0.25) is 0 Å². The smallest absolute Gasteiger partial charge is 0.252 e. The topological polar surface area (TPSA) is 49.3 Å². The Morgan fingerprint density at radius 3 is 2.58 bits per heavy atom. The minimum atomic E-state index is -0.411. The third-order valence-electron chi connectivity index (χ3n) is 4.13. The Morgan fingerprint density at radius 2 is 1.95 bits per heavy atom. The lowest BCUT2D eigenvalue weighted by Crippen LogP contribution is -2.52. The van der Waals surface area contributed by atoms with Crippen LogP contribution >= 0.6 is 0 Å². The Hall–Kier alpha value is -1.35. The minimum absolute atomic E-state index is 0.0314. The Balaban J connectivity index is 2.17. The van der Waals surface area contributed by atoms with Gasteiger partial charge in [0.05, 0.1) is 12.1 Å². The summed E-state index contributed by atoms with van der Waals surface area (Å²) in [5, 5.41) is 12.7. The summed E-state index contributed by atoms with van der Waals surface area (Å²) in [7, 11) is 0. The molecule has 0 atom stereocenters. The molecule has 2 rings (SSSR count). The summed E-state index contributed by atoms with van der Waals surface area (Å²) in [4.78, 5) is 12.4. The third kappa shape index (κ3) is 3.16. The number of hydrogen-bond acceptors (Lipinski definition) is 2. The molecule has 0 radical (unpaired) electrons. The van der Waals surface area contributed by atoms with Crippen molar-refractivity contribution in [2.45, 2.75) is 51.5 Å². The van der Waals surface area contributed by atoms with Crippen LogP contribution in [0.5, 0.6) is 0 Å². The highest BCUT2D eigenvalue weighted by atomic mass is 16.3. The summed E-state index contributed by atoms with van der Waals surface area (Å²) in [5.74, 6) is -0.0582. The van der Waals surface area contributed by atoms with E-state index in [0.29, 0.717) is 0 Å². The number of hydrogen-bond donors (Lipinski definition) is 2. The van der Waals surface area contributed by atoms with Gasteiger partial charge in [-0.05, 0) is 38.3 Å². The number of aliphatic hydroxyl groups excluding tert-OH is 1. The quantitative estimate of drug-likeness (QED) is 0.879. The summed E-state index contributed by atoms with van der Waals surface area (Å²) < 4.78 is 0. The zero-order valence-corrected chi connectivity index (χ0v) is 11.8. The molecule has 3 nitrogen and oxygen atoms in total. The van der Waals surface area contributed by atoms with E-state index in [9.17, 15) is 9.90 Å². The van der Waals surface area contributed by atoms with Gasteiger partial charge in [-0.3, -0.25) is 4.79 Å². The van der Waals surface area contributed by atoms with Gasteiger partial charge >= 0.3 is 0 Å². The van der Waals surface area contributed by atoms with Crippen LogP contribution in [0.25, 0.3) is 0 Å². The number of carbonyl (C=O) groups excluding carboxylic acids is 1. The Morgan fingerprint density at radius 1 is 1.26 bits per heavy atom. The van der Waals surface area contributed by atoms with Crippen LogP contribution < -0.4 is 5.32 Å². The summed E-state index contributed by atoms with van der Waals surface area (Å²) >= 11 is 0. The first kappa shape index (κ1) is 14.1. The van der Waals surface area contributed by atoms with Crippen LogP contribution in [0.1, 0.15) is 53.6 Å². The standard InChI is InChI=1S/C16H23NO2/c1-12-6-7-13(2)14(10-12)15(19)17-16(11-18)8-4-3-5-9-16/h6-7,10,18H,3-5,8-9,11H2,1-2H3,(H,17,19). The fourth-order valence-electron chi connectivity index (χ4n) is 2.84.